The summed E-state index contributed by atoms with van der Waals surface area (Å²) in [6.45, 7) is 17.3. The van der Waals surface area contributed by atoms with Gasteiger partial charge in [0.05, 0.1) is 11.9 Å². The molecule has 192 valence electrons. The maximum Gasteiger partial charge on any atom is 0.0982 e. The molecule has 0 rings (SSSR count). The summed E-state index contributed by atoms with van der Waals surface area (Å²) < 4.78 is 6.29. The number of unbranched alkanes of at least 4 members (excludes halogenated alkanes) is 12. The van der Waals surface area contributed by atoms with Crippen LogP contribution in [0.5, 0.6) is 0 Å². The van der Waals surface area contributed by atoms with Crippen molar-refractivity contribution in [1.29, 1.82) is 0 Å². The van der Waals surface area contributed by atoms with Gasteiger partial charge in [0.1, 0.15) is 0 Å². The maximum atomic E-state index is 6.29. The predicted octanol–water partition coefficient (Wildman–Crippen LogP) is 10.1. The van der Waals surface area contributed by atoms with Crippen molar-refractivity contribution in [2.24, 2.45) is 0 Å². The summed E-state index contributed by atoms with van der Waals surface area (Å²) in [4.78, 5) is 2.73. The van der Waals surface area contributed by atoms with E-state index in [0.717, 1.165) is 12.2 Å². The van der Waals surface area contributed by atoms with Gasteiger partial charge in [-0.3, -0.25) is 0 Å². The van der Waals surface area contributed by atoms with Gasteiger partial charge in [-0.1, -0.05) is 111 Å². The lowest BCUT2D eigenvalue weighted by molar-refractivity contribution is 0.0900. The summed E-state index contributed by atoms with van der Waals surface area (Å²) in [5.41, 5.74) is 0. The Bertz CT molecular complexity index is 381. The molecule has 0 aromatic rings. The third-order valence-corrected chi connectivity index (χ3v) is 6.68. The largest absolute Gasteiger partial charge is 0.495 e. The molecule has 0 spiro atoms. The zero-order valence-electron chi connectivity index (χ0n) is 22.9. The lowest BCUT2D eigenvalue weighted by Crippen LogP contribution is -2.27. The maximum absolute atomic E-state index is 6.29. The molecule has 0 fully saturated rings. The number of allylic oxidation sites excluding steroid dienone is 1. The second-order valence-corrected chi connectivity index (χ2v) is 10.0. The zero-order valence-corrected chi connectivity index (χ0v) is 22.9. The summed E-state index contributed by atoms with van der Waals surface area (Å²) in [6, 6.07) is 0. The molecule has 0 aliphatic rings. The molecule has 2 nitrogen and oxygen atoms in total. The van der Waals surface area contributed by atoms with E-state index >= 15 is 0 Å². The summed E-state index contributed by atoms with van der Waals surface area (Å²) in [5.74, 6) is 1.04. The SMILES string of the molecule is C=C(CCCCCCN(CCCC)CCCCCCC)OC(CCCC)CCCCCC. The molecule has 0 N–H and O–H groups in total. The van der Waals surface area contributed by atoms with Crippen LogP contribution in [0.1, 0.15) is 156 Å². The summed E-state index contributed by atoms with van der Waals surface area (Å²) in [5, 5.41) is 0. The standard InChI is InChI=1S/C30H61NO/c1-6-10-14-17-21-27-31(26-13-9-4)28-22-18-16-19-23-29(5)32-30(24-12-8-3)25-20-15-11-7-2/h30H,5-28H2,1-4H3. The molecule has 1 unspecified atom stereocenters. The van der Waals surface area contributed by atoms with Crippen molar-refractivity contribution >= 4 is 0 Å². The quantitative estimate of drug-likeness (QED) is 0.0957. The average molecular weight is 452 g/mol. The fraction of sp³-hybridized carbons (Fsp3) is 0.933. The molecule has 0 saturated carbocycles. The lowest BCUT2D eigenvalue weighted by Gasteiger charge is -2.22. The van der Waals surface area contributed by atoms with Crippen molar-refractivity contribution < 1.29 is 4.74 Å². The lowest BCUT2D eigenvalue weighted by atomic mass is 10.0. The van der Waals surface area contributed by atoms with Gasteiger partial charge in [-0.15, -0.1) is 0 Å². The Kier molecular flexibility index (Phi) is 24.7. The normalized spacial score (nSPS) is 12.4. The van der Waals surface area contributed by atoms with Crippen LogP contribution in [0.4, 0.5) is 0 Å². The molecule has 0 aliphatic carbocycles. The number of ether oxygens (including phenoxy) is 1. The Balaban J connectivity index is 3.95. The molecule has 2 heteroatoms. The van der Waals surface area contributed by atoms with Crippen LogP contribution in [-0.4, -0.2) is 30.6 Å². The highest BCUT2D eigenvalue weighted by atomic mass is 16.5. The highest BCUT2D eigenvalue weighted by molar-refractivity contribution is 4.84. The molecule has 0 saturated heterocycles. The minimum atomic E-state index is 0.406. The molecule has 0 aromatic carbocycles. The van der Waals surface area contributed by atoms with E-state index in [-0.39, 0.29) is 0 Å². The van der Waals surface area contributed by atoms with Crippen molar-refractivity contribution in [1.82, 2.24) is 4.90 Å². The van der Waals surface area contributed by atoms with Crippen LogP contribution in [0.2, 0.25) is 0 Å². The first-order valence-corrected chi connectivity index (χ1v) is 14.7. The van der Waals surface area contributed by atoms with Crippen LogP contribution in [0.25, 0.3) is 0 Å². The Morgan fingerprint density at radius 1 is 0.562 bits per heavy atom. The minimum absolute atomic E-state index is 0.406. The molecule has 0 heterocycles. The molecule has 0 radical (unpaired) electrons. The second-order valence-electron chi connectivity index (χ2n) is 10.0. The number of rotatable bonds is 26. The third kappa shape index (κ3) is 21.4. The van der Waals surface area contributed by atoms with Crippen LogP contribution in [0.15, 0.2) is 12.3 Å². The molecule has 0 aromatic heterocycles. The first kappa shape index (κ1) is 31.5. The van der Waals surface area contributed by atoms with Crippen molar-refractivity contribution in [3.63, 3.8) is 0 Å². The van der Waals surface area contributed by atoms with E-state index in [2.05, 4.69) is 39.2 Å². The van der Waals surface area contributed by atoms with E-state index in [1.165, 1.54) is 142 Å². The van der Waals surface area contributed by atoms with Crippen LogP contribution in [0, 0.1) is 0 Å². The summed E-state index contributed by atoms with van der Waals surface area (Å²) >= 11 is 0. The minimum Gasteiger partial charge on any atom is -0.495 e. The van der Waals surface area contributed by atoms with Gasteiger partial charge in [-0.05, 0) is 64.6 Å². The summed E-state index contributed by atoms with van der Waals surface area (Å²) in [6.07, 6.45) is 26.6. The predicted molar refractivity (Wildman–Crippen MR) is 145 cm³/mol. The fourth-order valence-corrected chi connectivity index (χ4v) is 4.45. The monoisotopic (exact) mass is 451 g/mol. The number of hydrogen-bond acceptors (Lipinski definition) is 2. The van der Waals surface area contributed by atoms with Crippen LogP contribution in [0.3, 0.4) is 0 Å². The van der Waals surface area contributed by atoms with Crippen molar-refractivity contribution in [3.8, 4) is 0 Å². The Morgan fingerprint density at radius 2 is 1.03 bits per heavy atom. The molecule has 0 bridgehead atoms. The van der Waals surface area contributed by atoms with Gasteiger partial charge in [0.15, 0.2) is 0 Å². The summed E-state index contributed by atoms with van der Waals surface area (Å²) in [7, 11) is 0. The number of hydrogen-bond donors (Lipinski definition) is 0. The van der Waals surface area contributed by atoms with E-state index < -0.39 is 0 Å². The van der Waals surface area contributed by atoms with Crippen LogP contribution in [-0.2, 0) is 4.74 Å². The highest BCUT2D eigenvalue weighted by Crippen LogP contribution is 2.19. The second kappa shape index (κ2) is 25.1. The van der Waals surface area contributed by atoms with Crippen LogP contribution < -0.4 is 0 Å². The van der Waals surface area contributed by atoms with Gasteiger partial charge >= 0.3 is 0 Å². The molecule has 0 aliphatic heterocycles. The Morgan fingerprint density at radius 3 is 1.62 bits per heavy atom. The molecule has 32 heavy (non-hydrogen) atoms. The van der Waals surface area contributed by atoms with E-state index in [1.54, 1.807) is 0 Å². The van der Waals surface area contributed by atoms with Gasteiger partial charge < -0.3 is 9.64 Å². The van der Waals surface area contributed by atoms with Gasteiger partial charge in [0.2, 0.25) is 0 Å². The molecule has 1 atom stereocenters. The first-order valence-electron chi connectivity index (χ1n) is 14.7. The third-order valence-electron chi connectivity index (χ3n) is 6.68. The molecular formula is C30H61NO. The molecule has 0 amide bonds. The highest BCUT2D eigenvalue weighted by Gasteiger charge is 2.11. The van der Waals surface area contributed by atoms with Crippen LogP contribution >= 0.6 is 0 Å². The molecular weight excluding hydrogens is 390 g/mol. The first-order chi connectivity index (χ1) is 15.7. The zero-order chi connectivity index (χ0) is 23.7. The topological polar surface area (TPSA) is 12.5 Å². The van der Waals surface area contributed by atoms with Gasteiger partial charge in [0, 0.05) is 6.42 Å². The number of nitrogens with zero attached hydrogens (tertiary/aromatic N) is 1. The van der Waals surface area contributed by atoms with E-state index in [0.29, 0.717) is 6.10 Å². The smallest absolute Gasteiger partial charge is 0.0982 e. The van der Waals surface area contributed by atoms with Gasteiger partial charge in [0.25, 0.3) is 0 Å². The van der Waals surface area contributed by atoms with E-state index in [9.17, 15) is 0 Å². The van der Waals surface area contributed by atoms with Gasteiger partial charge in [-0.2, -0.15) is 0 Å². The average Bonchev–Trinajstić information content (AvgIpc) is 2.79. The Labute approximate surface area is 204 Å². The Hall–Kier alpha value is -0.500. The van der Waals surface area contributed by atoms with E-state index in [4.69, 9.17) is 4.74 Å². The van der Waals surface area contributed by atoms with Crippen molar-refractivity contribution in [2.45, 2.75) is 162 Å². The fourth-order valence-electron chi connectivity index (χ4n) is 4.45. The van der Waals surface area contributed by atoms with Crippen molar-refractivity contribution in [2.75, 3.05) is 19.6 Å². The van der Waals surface area contributed by atoms with E-state index in [1.807, 2.05) is 0 Å². The van der Waals surface area contributed by atoms with Crippen molar-refractivity contribution in [3.05, 3.63) is 12.3 Å². The van der Waals surface area contributed by atoms with Gasteiger partial charge in [-0.25, -0.2) is 0 Å².